The van der Waals surface area contributed by atoms with Crippen LogP contribution in [0.15, 0.2) is 12.4 Å². The average molecular weight is 197 g/mol. The molecular weight excluding hydrogens is 182 g/mol. The highest BCUT2D eigenvalue weighted by Gasteiger charge is 2.06. The van der Waals surface area contributed by atoms with Gasteiger partial charge >= 0.3 is 5.97 Å². The predicted molar refractivity (Wildman–Crippen MR) is 53.7 cm³/mol. The summed E-state index contributed by atoms with van der Waals surface area (Å²) in [6.07, 6.45) is 2.60. The zero-order valence-corrected chi connectivity index (χ0v) is 8.65. The van der Waals surface area contributed by atoms with E-state index >= 15 is 0 Å². The minimum atomic E-state index is -0.481. The maximum Gasteiger partial charge on any atom is 0.358 e. The Hall–Kier alpha value is -1.65. The van der Waals surface area contributed by atoms with Gasteiger partial charge in [0.05, 0.1) is 19.0 Å². The van der Waals surface area contributed by atoms with Gasteiger partial charge in [0, 0.05) is 0 Å². The molecule has 1 aromatic rings. The van der Waals surface area contributed by atoms with Gasteiger partial charge in [0.2, 0.25) is 0 Å². The van der Waals surface area contributed by atoms with Gasteiger partial charge in [-0.2, -0.15) is 0 Å². The highest BCUT2D eigenvalue weighted by molar-refractivity contribution is 5.86. The second-order valence-corrected chi connectivity index (χ2v) is 2.05. The molecule has 0 atom stereocenters. The fourth-order valence-electron chi connectivity index (χ4n) is 0.648. The first kappa shape index (κ1) is 12.3. The smallest absolute Gasteiger partial charge is 0.358 e. The molecule has 0 spiro atoms. The molecule has 0 aliphatic rings. The number of carbonyl (C=O) groups is 1. The van der Waals surface area contributed by atoms with Gasteiger partial charge in [-0.3, -0.25) is 0 Å². The number of carbonyl (C=O) groups excluding carboxylic acids is 1. The minimum Gasteiger partial charge on any atom is -0.461 e. The van der Waals surface area contributed by atoms with Crippen molar-refractivity contribution in [2.24, 2.45) is 0 Å². The van der Waals surface area contributed by atoms with Crippen LogP contribution in [0.4, 0.5) is 5.82 Å². The van der Waals surface area contributed by atoms with Crippen molar-refractivity contribution >= 4 is 11.8 Å². The van der Waals surface area contributed by atoms with E-state index in [-0.39, 0.29) is 11.5 Å². The lowest BCUT2D eigenvalue weighted by Crippen LogP contribution is -2.07. The van der Waals surface area contributed by atoms with E-state index in [4.69, 9.17) is 5.73 Å². The quantitative estimate of drug-likeness (QED) is 0.722. The molecule has 14 heavy (non-hydrogen) atoms. The normalized spacial score (nSPS) is 8.50. The molecular formula is C9H15N3O2. The zero-order chi connectivity index (χ0) is 11.0. The molecule has 78 valence electrons. The lowest BCUT2D eigenvalue weighted by Gasteiger charge is -1.99. The van der Waals surface area contributed by atoms with E-state index in [2.05, 4.69) is 14.7 Å². The lowest BCUT2D eigenvalue weighted by atomic mass is 10.4. The van der Waals surface area contributed by atoms with Crippen LogP contribution in [-0.2, 0) is 4.74 Å². The van der Waals surface area contributed by atoms with Crippen LogP contribution in [-0.4, -0.2) is 22.5 Å². The largest absolute Gasteiger partial charge is 0.461 e. The van der Waals surface area contributed by atoms with Gasteiger partial charge in [-0.05, 0) is 6.92 Å². The number of nitrogens with zero attached hydrogens (tertiary/aromatic N) is 2. The molecule has 0 unspecified atom stereocenters. The SMILES string of the molecule is CC.CCOC(=O)c1cnc(N)cn1. The lowest BCUT2D eigenvalue weighted by molar-refractivity contribution is 0.0519. The molecule has 0 aliphatic carbocycles. The first-order valence-corrected chi connectivity index (χ1v) is 4.48. The van der Waals surface area contributed by atoms with Crippen LogP contribution in [0.2, 0.25) is 0 Å². The number of aromatic nitrogens is 2. The van der Waals surface area contributed by atoms with E-state index in [1.54, 1.807) is 6.92 Å². The van der Waals surface area contributed by atoms with Crippen LogP contribution < -0.4 is 5.73 Å². The summed E-state index contributed by atoms with van der Waals surface area (Å²) in [6.45, 7) is 6.05. The molecule has 0 aromatic carbocycles. The Morgan fingerprint density at radius 3 is 2.50 bits per heavy atom. The van der Waals surface area contributed by atoms with E-state index in [0.29, 0.717) is 6.61 Å². The molecule has 5 heteroatoms. The van der Waals surface area contributed by atoms with Crippen molar-refractivity contribution in [3.05, 3.63) is 18.1 Å². The molecule has 0 saturated carbocycles. The van der Waals surface area contributed by atoms with Gasteiger partial charge in [-0.1, -0.05) is 13.8 Å². The van der Waals surface area contributed by atoms with Crippen molar-refractivity contribution in [1.82, 2.24) is 9.97 Å². The van der Waals surface area contributed by atoms with Gasteiger partial charge in [0.25, 0.3) is 0 Å². The molecule has 5 nitrogen and oxygen atoms in total. The van der Waals surface area contributed by atoms with Crippen LogP contribution in [0.5, 0.6) is 0 Å². The van der Waals surface area contributed by atoms with E-state index in [1.807, 2.05) is 13.8 Å². The Labute approximate surface area is 83.3 Å². The third-order valence-corrected chi connectivity index (χ3v) is 1.16. The van der Waals surface area contributed by atoms with Gasteiger partial charge in [-0.25, -0.2) is 14.8 Å². The average Bonchev–Trinajstić information content (AvgIpc) is 2.22. The predicted octanol–water partition coefficient (Wildman–Crippen LogP) is 1.26. The Bertz CT molecular complexity index is 272. The number of anilines is 1. The van der Waals surface area contributed by atoms with Crippen LogP contribution in [0.3, 0.4) is 0 Å². The van der Waals surface area contributed by atoms with Crippen LogP contribution in [0.1, 0.15) is 31.3 Å². The van der Waals surface area contributed by atoms with E-state index in [9.17, 15) is 4.79 Å². The van der Waals surface area contributed by atoms with Crippen LogP contribution in [0, 0.1) is 0 Å². The van der Waals surface area contributed by atoms with Gasteiger partial charge < -0.3 is 10.5 Å². The summed E-state index contributed by atoms with van der Waals surface area (Å²) in [6, 6.07) is 0. The topological polar surface area (TPSA) is 78.1 Å². The number of hydrogen-bond donors (Lipinski definition) is 1. The number of hydrogen-bond acceptors (Lipinski definition) is 5. The van der Waals surface area contributed by atoms with Gasteiger partial charge in [0.15, 0.2) is 5.69 Å². The summed E-state index contributed by atoms with van der Waals surface area (Å²) in [7, 11) is 0. The monoisotopic (exact) mass is 197 g/mol. The second kappa shape index (κ2) is 6.82. The number of rotatable bonds is 2. The van der Waals surface area contributed by atoms with Crippen molar-refractivity contribution in [3.8, 4) is 0 Å². The third kappa shape index (κ3) is 3.84. The molecule has 0 amide bonds. The first-order chi connectivity index (χ1) is 6.74. The van der Waals surface area contributed by atoms with Gasteiger partial charge in [0.1, 0.15) is 5.82 Å². The third-order valence-electron chi connectivity index (χ3n) is 1.16. The molecule has 0 fully saturated rings. The minimum absolute atomic E-state index is 0.172. The molecule has 1 rings (SSSR count). The van der Waals surface area contributed by atoms with E-state index in [0.717, 1.165) is 0 Å². The van der Waals surface area contributed by atoms with Crippen molar-refractivity contribution in [3.63, 3.8) is 0 Å². The summed E-state index contributed by atoms with van der Waals surface area (Å²) >= 11 is 0. The number of esters is 1. The molecule has 0 aliphatic heterocycles. The Morgan fingerprint density at radius 2 is 2.07 bits per heavy atom. The van der Waals surface area contributed by atoms with E-state index in [1.165, 1.54) is 12.4 Å². The zero-order valence-electron chi connectivity index (χ0n) is 8.65. The summed E-state index contributed by atoms with van der Waals surface area (Å²) < 4.78 is 4.69. The summed E-state index contributed by atoms with van der Waals surface area (Å²) in [5, 5.41) is 0. The van der Waals surface area contributed by atoms with Crippen molar-refractivity contribution in [1.29, 1.82) is 0 Å². The second-order valence-electron chi connectivity index (χ2n) is 2.05. The van der Waals surface area contributed by atoms with Crippen molar-refractivity contribution < 1.29 is 9.53 Å². The Morgan fingerprint density at radius 1 is 1.43 bits per heavy atom. The summed E-state index contributed by atoms with van der Waals surface area (Å²) in [5.74, 6) is -0.201. The molecule has 0 saturated heterocycles. The summed E-state index contributed by atoms with van der Waals surface area (Å²) in [5.41, 5.74) is 5.45. The Balaban J connectivity index is 0.000000791. The van der Waals surface area contributed by atoms with Gasteiger partial charge in [-0.15, -0.1) is 0 Å². The Kier molecular flexibility index (Phi) is 6.02. The highest BCUT2D eigenvalue weighted by Crippen LogP contribution is 1.97. The van der Waals surface area contributed by atoms with Crippen LogP contribution in [0.25, 0.3) is 0 Å². The number of nitrogen functional groups attached to an aromatic ring is 1. The standard InChI is InChI=1S/C7H9N3O2.C2H6/c1-2-12-7(11)5-3-10-6(8)4-9-5;1-2/h3-4H,2H2,1H3,(H2,8,10);1-2H3. The molecule has 0 radical (unpaired) electrons. The fourth-order valence-corrected chi connectivity index (χ4v) is 0.648. The number of ether oxygens (including phenoxy) is 1. The van der Waals surface area contributed by atoms with E-state index < -0.39 is 5.97 Å². The first-order valence-electron chi connectivity index (χ1n) is 4.48. The molecule has 2 N–H and O–H groups in total. The van der Waals surface area contributed by atoms with Crippen LogP contribution >= 0.6 is 0 Å². The summed E-state index contributed by atoms with van der Waals surface area (Å²) in [4.78, 5) is 18.4. The van der Waals surface area contributed by atoms with Crippen molar-refractivity contribution in [2.75, 3.05) is 12.3 Å². The van der Waals surface area contributed by atoms with Crippen molar-refractivity contribution in [2.45, 2.75) is 20.8 Å². The molecule has 1 aromatic heterocycles. The maximum absolute atomic E-state index is 11.0. The fraction of sp³-hybridized carbons (Fsp3) is 0.444. The molecule has 0 bridgehead atoms. The highest BCUT2D eigenvalue weighted by atomic mass is 16.5. The molecule has 1 heterocycles. The number of nitrogens with two attached hydrogens (primary N) is 1. The maximum atomic E-state index is 11.0.